The Labute approximate surface area is 141 Å². The van der Waals surface area contributed by atoms with Crippen LogP contribution in [0.1, 0.15) is 25.3 Å². The van der Waals surface area contributed by atoms with Gasteiger partial charge in [-0.1, -0.05) is 11.6 Å². The molecule has 0 bridgehead atoms. The van der Waals surface area contributed by atoms with Gasteiger partial charge < -0.3 is 25.3 Å². The maximum Gasteiger partial charge on any atom is 0.255 e. The van der Waals surface area contributed by atoms with Gasteiger partial charge in [-0.05, 0) is 31.9 Å². The lowest BCUT2D eigenvalue weighted by molar-refractivity contribution is -0.676. The fourth-order valence-corrected chi connectivity index (χ4v) is 2.84. The Balaban J connectivity index is 2.00. The molecule has 0 saturated carbocycles. The van der Waals surface area contributed by atoms with Gasteiger partial charge in [0.1, 0.15) is 19.2 Å². The number of carbonyl (C=O) groups excluding carboxylic acids is 1. The number of hydrogen-bond donors (Lipinski definition) is 2. The van der Waals surface area contributed by atoms with E-state index in [1.54, 1.807) is 0 Å². The second kappa shape index (κ2) is 8.96. The van der Waals surface area contributed by atoms with Crippen molar-refractivity contribution in [1.29, 1.82) is 0 Å². The average molecular weight is 344 g/mol. The predicted octanol–water partition coefficient (Wildman–Crippen LogP) is 0.845. The van der Waals surface area contributed by atoms with E-state index in [-0.39, 0.29) is 6.61 Å². The molecule has 1 saturated heterocycles. The summed E-state index contributed by atoms with van der Waals surface area (Å²) in [6, 6.07) is 3.71. The van der Waals surface area contributed by atoms with Crippen molar-refractivity contribution in [3.05, 3.63) is 22.7 Å². The summed E-state index contributed by atoms with van der Waals surface area (Å²) < 4.78 is 16.5. The second-order valence-corrected chi connectivity index (χ2v) is 5.86. The molecule has 4 N–H and O–H groups in total. The largest absolute Gasteiger partial charge is 0.490 e. The van der Waals surface area contributed by atoms with Gasteiger partial charge >= 0.3 is 0 Å². The summed E-state index contributed by atoms with van der Waals surface area (Å²) in [6.45, 7) is 4.70. The van der Waals surface area contributed by atoms with Gasteiger partial charge in [-0.15, -0.1) is 0 Å². The first-order valence-corrected chi connectivity index (χ1v) is 8.27. The van der Waals surface area contributed by atoms with Crippen LogP contribution in [0.15, 0.2) is 12.1 Å². The van der Waals surface area contributed by atoms with Crippen LogP contribution in [0, 0.1) is 0 Å². The minimum absolute atomic E-state index is 0.232. The summed E-state index contributed by atoms with van der Waals surface area (Å²) in [4.78, 5) is 10.9. The molecule has 2 rings (SSSR count). The molecule has 23 heavy (non-hydrogen) atoms. The number of hydrogen-bond acceptors (Lipinski definition) is 4. The first-order valence-electron chi connectivity index (χ1n) is 7.89. The zero-order valence-corrected chi connectivity index (χ0v) is 14.1. The highest BCUT2D eigenvalue weighted by molar-refractivity contribution is 6.32. The molecule has 128 valence electrons. The summed E-state index contributed by atoms with van der Waals surface area (Å²) >= 11 is 6.26. The molecule has 1 aromatic carbocycles. The van der Waals surface area contributed by atoms with E-state index in [1.165, 1.54) is 0 Å². The van der Waals surface area contributed by atoms with Crippen molar-refractivity contribution in [2.24, 2.45) is 5.73 Å². The van der Waals surface area contributed by atoms with Gasteiger partial charge in [0, 0.05) is 12.2 Å². The molecule has 1 amide bonds. The Morgan fingerprint density at radius 2 is 2.30 bits per heavy atom. The van der Waals surface area contributed by atoms with Gasteiger partial charge in [0.2, 0.25) is 0 Å². The zero-order valence-electron chi connectivity index (χ0n) is 13.3. The van der Waals surface area contributed by atoms with Crippen LogP contribution in [0.5, 0.6) is 11.5 Å². The van der Waals surface area contributed by atoms with E-state index < -0.39 is 5.91 Å². The molecule has 0 spiro atoms. The molecule has 1 aliphatic rings. The summed E-state index contributed by atoms with van der Waals surface area (Å²) in [5.41, 5.74) is 6.14. The first-order chi connectivity index (χ1) is 11.1. The smallest absolute Gasteiger partial charge is 0.255 e. The molecule has 1 fully saturated rings. The molecule has 0 unspecified atom stereocenters. The number of quaternary nitrogens is 1. The van der Waals surface area contributed by atoms with Crippen molar-refractivity contribution in [3.63, 3.8) is 0 Å². The quantitative estimate of drug-likeness (QED) is 0.695. The van der Waals surface area contributed by atoms with Crippen molar-refractivity contribution in [2.45, 2.75) is 32.4 Å². The third-order valence-electron chi connectivity index (χ3n) is 3.56. The van der Waals surface area contributed by atoms with Crippen LogP contribution in [0.25, 0.3) is 0 Å². The fraction of sp³-hybridized carbons (Fsp3) is 0.562. The number of rotatable bonds is 9. The Morgan fingerprint density at radius 1 is 1.48 bits per heavy atom. The standard InChI is InChI=1S/C16H23ClN2O4/c1-2-21-14-7-11(8-19-9-12-4-3-5-22-12)6-13(17)16(14)23-10-15(18)20/h6-7,12,19H,2-5,8-10H2,1H3,(H2,18,20)/p+1/t12-/m1/s1. The number of carbonyl (C=O) groups is 1. The van der Waals surface area contributed by atoms with Crippen molar-refractivity contribution in [2.75, 3.05) is 26.4 Å². The molecule has 1 aliphatic heterocycles. The van der Waals surface area contributed by atoms with Crippen LogP contribution >= 0.6 is 11.6 Å². The molecule has 0 radical (unpaired) electrons. The number of amides is 1. The zero-order chi connectivity index (χ0) is 16.7. The van der Waals surface area contributed by atoms with Crippen molar-refractivity contribution < 1.29 is 24.3 Å². The number of ether oxygens (including phenoxy) is 3. The van der Waals surface area contributed by atoms with Crippen LogP contribution in [-0.4, -0.2) is 38.4 Å². The monoisotopic (exact) mass is 343 g/mol. The maximum absolute atomic E-state index is 10.9. The molecule has 6 nitrogen and oxygen atoms in total. The van der Waals surface area contributed by atoms with Crippen molar-refractivity contribution in [1.82, 2.24) is 0 Å². The number of primary amides is 1. The Bertz CT molecular complexity index is 533. The predicted molar refractivity (Wildman–Crippen MR) is 86.8 cm³/mol. The first kappa shape index (κ1) is 17.8. The molecular formula is C16H24ClN2O4+. The lowest BCUT2D eigenvalue weighted by Crippen LogP contribution is -2.84. The molecule has 7 heteroatoms. The Hall–Kier alpha value is -1.50. The van der Waals surface area contributed by atoms with Gasteiger partial charge in [-0.3, -0.25) is 4.79 Å². The van der Waals surface area contributed by atoms with Gasteiger partial charge in [0.15, 0.2) is 18.1 Å². The van der Waals surface area contributed by atoms with Crippen LogP contribution in [0.3, 0.4) is 0 Å². The molecule has 1 atom stereocenters. The van der Waals surface area contributed by atoms with E-state index in [9.17, 15) is 4.79 Å². The highest BCUT2D eigenvalue weighted by atomic mass is 35.5. The number of halogens is 1. The van der Waals surface area contributed by atoms with E-state index in [4.69, 9.17) is 31.5 Å². The van der Waals surface area contributed by atoms with Crippen LogP contribution in [0.4, 0.5) is 0 Å². The van der Waals surface area contributed by atoms with Gasteiger partial charge in [-0.2, -0.15) is 0 Å². The fourth-order valence-electron chi connectivity index (χ4n) is 2.55. The molecule has 1 heterocycles. The molecule has 1 aromatic rings. The van der Waals surface area contributed by atoms with E-state index in [0.29, 0.717) is 29.2 Å². The highest BCUT2D eigenvalue weighted by Gasteiger charge is 2.18. The van der Waals surface area contributed by atoms with E-state index in [1.807, 2.05) is 19.1 Å². The van der Waals surface area contributed by atoms with E-state index in [0.717, 1.165) is 38.1 Å². The summed E-state index contributed by atoms with van der Waals surface area (Å²) in [5.74, 6) is 0.328. The lowest BCUT2D eigenvalue weighted by Gasteiger charge is -2.14. The van der Waals surface area contributed by atoms with Crippen LogP contribution in [0.2, 0.25) is 5.02 Å². The lowest BCUT2D eigenvalue weighted by atomic mass is 10.2. The molecule has 0 aliphatic carbocycles. The number of benzene rings is 1. The van der Waals surface area contributed by atoms with Crippen molar-refractivity contribution in [3.8, 4) is 11.5 Å². The number of nitrogens with two attached hydrogens (primary N) is 2. The normalized spacial score (nSPS) is 17.2. The maximum atomic E-state index is 10.9. The summed E-state index contributed by atoms with van der Waals surface area (Å²) in [7, 11) is 0. The van der Waals surface area contributed by atoms with Crippen LogP contribution < -0.4 is 20.5 Å². The third-order valence-corrected chi connectivity index (χ3v) is 3.84. The minimum atomic E-state index is -0.558. The average Bonchev–Trinajstić information content (AvgIpc) is 3.00. The minimum Gasteiger partial charge on any atom is -0.490 e. The third kappa shape index (κ3) is 5.57. The topological polar surface area (TPSA) is 87.4 Å². The van der Waals surface area contributed by atoms with Crippen LogP contribution in [-0.2, 0) is 16.1 Å². The summed E-state index contributed by atoms with van der Waals surface area (Å²) in [6.07, 6.45) is 2.61. The Morgan fingerprint density at radius 3 is 2.96 bits per heavy atom. The highest BCUT2D eigenvalue weighted by Crippen LogP contribution is 2.36. The Kier molecular flexibility index (Phi) is 6.95. The summed E-state index contributed by atoms with van der Waals surface area (Å²) in [5, 5.41) is 2.61. The van der Waals surface area contributed by atoms with Crippen molar-refractivity contribution >= 4 is 17.5 Å². The van der Waals surface area contributed by atoms with E-state index >= 15 is 0 Å². The van der Waals surface area contributed by atoms with E-state index in [2.05, 4.69) is 5.32 Å². The van der Waals surface area contributed by atoms with Gasteiger partial charge in [0.05, 0.1) is 11.6 Å². The SMILES string of the molecule is CCOc1cc(C[NH2+]C[C@H]2CCCO2)cc(Cl)c1OCC(N)=O. The van der Waals surface area contributed by atoms with Gasteiger partial charge in [0.25, 0.3) is 5.91 Å². The molecular weight excluding hydrogens is 320 g/mol. The second-order valence-electron chi connectivity index (χ2n) is 5.46. The molecule has 0 aromatic heterocycles. The van der Waals surface area contributed by atoms with Gasteiger partial charge in [-0.25, -0.2) is 0 Å².